The maximum Gasteiger partial charge on any atom is 0.306 e. The molecule has 0 unspecified atom stereocenters. The lowest BCUT2D eigenvalue weighted by Gasteiger charge is -2.15. The maximum atomic E-state index is 12.2. The topological polar surface area (TPSA) is 72.8 Å². The average Bonchev–Trinajstić information content (AvgIpc) is 3.09. The van der Waals surface area contributed by atoms with E-state index in [4.69, 9.17) is 9.47 Å². The van der Waals surface area contributed by atoms with Crippen molar-refractivity contribution in [1.29, 1.82) is 0 Å². The van der Waals surface area contributed by atoms with Gasteiger partial charge in [0.25, 0.3) is 0 Å². The third-order valence-electron chi connectivity index (χ3n) is 9.56. The summed E-state index contributed by atoms with van der Waals surface area (Å²) in [6.45, 7) is 4.15. The van der Waals surface area contributed by atoms with Gasteiger partial charge in [-0.1, -0.05) is 193 Å². The van der Waals surface area contributed by atoms with E-state index in [0.29, 0.717) is 12.8 Å². The van der Waals surface area contributed by atoms with Crippen LogP contribution in [0.25, 0.3) is 0 Å². The first-order chi connectivity index (χ1) is 23.6. The van der Waals surface area contributed by atoms with Gasteiger partial charge in [0.05, 0.1) is 6.61 Å². The fraction of sp³-hybridized carbons (Fsp3) is 0.907. The third-order valence-corrected chi connectivity index (χ3v) is 9.56. The van der Waals surface area contributed by atoms with Crippen LogP contribution in [0.1, 0.15) is 232 Å². The van der Waals surface area contributed by atoms with Crippen LogP contribution in [-0.4, -0.2) is 36.4 Å². The zero-order valence-corrected chi connectivity index (χ0v) is 32.3. The van der Waals surface area contributed by atoms with E-state index >= 15 is 0 Å². The summed E-state index contributed by atoms with van der Waals surface area (Å²) in [6, 6.07) is 0. The molecule has 5 heteroatoms. The maximum absolute atomic E-state index is 12.2. The van der Waals surface area contributed by atoms with Crippen LogP contribution < -0.4 is 0 Å². The molecule has 0 aromatic carbocycles. The van der Waals surface area contributed by atoms with Gasteiger partial charge in [-0.2, -0.15) is 0 Å². The average molecular weight is 679 g/mol. The molecule has 0 heterocycles. The molecule has 0 aromatic rings. The smallest absolute Gasteiger partial charge is 0.306 e. The molecule has 0 aliphatic carbocycles. The number of ether oxygens (including phenoxy) is 2. The summed E-state index contributed by atoms with van der Waals surface area (Å²) in [4.78, 5) is 24.3. The highest BCUT2D eigenvalue weighted by Gasteiger charge is 2.16. The molecule has 0 spiro atoms. The minimum atomic E-state index is -0.767. The Labute approximate surface area is 299 Å². The zero-order chi connectivity index (χ0) is 35.0. The molecule has 0 saturated carbocycles. The van der Waals surface area contributed by atoms with Crippen LogP contribution in [0.5, 0.6) is 0 Å². The molecule has 0 saturated heterocycles. The predicted octanol–water partition coefficient (Wildman–Crippen LogP) is 13.3. The van der Waals surface area contributed by atoms with E-state index in [2.05, 4.69) is 26.0 Å². The Morgan fingerprint density at radius 1 is 0.458 bits per heavy atom. The summed E-state index contributed by atoms with van der Waals surface area (Å²) >= 11 is 0. The Hall–Kier alpha value is -1.36. The summed E-state index contributed by atoms with van der Waals surface area (Å²) in [5.74, 6) is -0.583. The van der Waals surface area contributed by atoms with Crippen molar-refractivity contribution in [3.63, 3.8) is 0 Å². The molecule has 0 aliphatic rings. The van der Waals surface area contributed by atoms with E-state index in [1.165, 1.54) is 173 Å². The summed E-state index contributed by atoms with van der Waals surface area (Å²) in [5.41, 5.74) is 0. The van der Waals surface area contributed by atoms with E-state index < -0.39 is 6.10 Å². The molecular formula is C43H82O5. The Bertz CT molecular complexity index is 691. The Morgan fingerprint density at radius 3 is 1.15 bits per heavy atom. The van der Waals surface area contributed by atoms with Gasteiger partial charge in [-0.25, -0.2) is 0 Å². The summed E-state index contributed by atoms with van der Waals surface area (Å²) < 4.78 is 10.6. The standard InChI is InChI=1S/C43H82O5/c1-3-5-7-9-11-13-15-17-19-20-21-22-24-25-27-29-31-33-35-37-42(45)47-40-41(39-44)48-43(46)38-36-34-32-30-28-26-23-18-16-14-12-10-8-6-4-2/h14,16,41,44H,3-13,15,17-40H2,1-2H3/t41-/m0/s1. The van der Waals surface area contributed by atoms with Crippen LogP contribution in [0.4, 0.5) is 0 Å². The molecule has 0 bridgehead atoms. The van der Waals surface area contributed by atoms with Crippen molar-refractivity contribution in [2.24, 2.45) is 0 Å². The lowest BCUT2D eigenvalue weighted by molar-refractivity contribution is -0.161. The minimum Gasteiger partial charge on any atom is -0.462 e. The molecule has 0 fully saturated rings. The molecule has 1 atom stereocenters. The van der Waals surface area contributed by atoms with Gasteiger partial charge in [-0.15, -0.1) is 0 Å². The number of unbranched alkanes of at least 4 members (excludes halogenated alkanes) is 29. The lowest BCUT2D eigenvalue weighted by Crippen LogP contribution is -2.28. The summed E-state index contributed by atoms with van der Waals surface area (Å²) in [6.07, 6.45) is 45.6. The van der Waals surface area contributed by atoms with Gasteiger partial charge in [-0.3, -0.25) is 9.59 Å². The predicted molar refractivity (Wildman–Crippen MR) is 205 cm³/mol. The van der Waals surface area contributed by atoms with E-state index in [9.17, 15) is 14.7 Å². The Kier molecular flexibility index (Phi) is 38.9. The molecule has 0 aliphatic heterocycles. The summed E-state index contributed by atoms with van der Waals surface area (Å²) in [7, 11) is 0. The number of allylic oxidation sites excluding steroid dienone is 2. The molecule has 0 radical (unpaired) electrons. The largest absolute Gasteiger partial charge is 0.462 e. The Morgan fingerprint density at radius 2 is 0.771 bits per heavy atom. The normalized spacial score (nSPS) is 12.1. The zero-order valence-electron chi connectivity index (χ0n) is 32.3. The van der Waals surface area contributed by atoms with Gasteiger partial charge < -0.3 is 14.6 Å². The van der Waals surface area contributed by atoms with Crippen LogP contribution in [0.3, 0.4) is 0 Å². The number of aliphatic hydroxyl groups is 1. The summed E-state index contributed by atoms with van der Waals surface area (Å²) in [5, 5.41) is 9.56. The van der Waals surface area contributed by atoms with Crippen LogP contribution in [0, 0.1) is 0 Å². The van der Waals surface area contributed by atoms with Crippen molar-refractivity contribution in [2.75, 3.05) is 13.2 Å². The van der Waals surface area contributed by atoms with Crippen LogP contribution in [-0.2, 0) is 19.1 Å². The fourth-order valence-electron chi connectivity index (χ4n) is 6.31. The first-order valence-corrected chi connectivity index (χ1v) is 21.2. The Balaban J connectivity index is 3.49. The number of rotatable bonds is 39. The molecular weight excluding hydrogens is 596 g/mol. The van der Waals surface area contributed by atoms with E-state index in [0.717, 1.165) is 32.1 Å². The van der Waals surface area contributed by atoms with Gasteiger partial charge in [0.15, 0.2) is 6.10 Å². The van der Waals surface area contributed by atoms with Gasteiger partial charge in [-0.05, 0) is 38.5 Å². The van der Waals surface area contributed by atoms with E-state index in [1.54, 1.807) is 0 Å². The quantitative estimate of drug-likeness (QED) is 0.0398. The first-order valence-electron chi connectivity index (χ1n) is 21.2. The van der Waals surface area contributed by atoms with E-state index in [1.807, 2.05) is 0 Å². The molecule has 5 nitrogen and oxygen atoms in total. The number of carbonyl (C=O) groups is 2. The van der Waals surface area contributed by atoms with Crippen LogP contribution in [0.2, 0.25) is 0 Å². The number of hydrogen-bond acceptors (Lipinski definition) is 5. The highest BCUT2D eigenvalue weighted by molar-refractivity contribution is 5.70. The van der Waals surface area contributed by atoms with Gasteiger partial charge in [0, 0.05) is 12.8 Å². The van der Waals surface area contributed by atoms with Gasteiger partial charge >= 0.3 is 11.9 Å². The molecule has 1 N–H and O–H groups in total. The highest BCUT2D eigenvalue weighted by Crippen LogP contribution is 2.16. The monoisotopic (exact) mass is 679 g/mol. The van der Waals surface area contributed by atoms with Gasteiger partial charge in [0.2, 0.25) is 0 Å². The molecule has 0 aromatic heterocycles. The molecule has 48 heavy (non-hydrogen) atoms. The van der Waals surface area contributed by atoms with E-state index in [-0.39, 0.29) is 25.2 Å². The molecule has 0 rings (SSSR count). The minimum absolute atomic E-state index is 0.0613. The van der Waals surface area contributed by atoms with Crippen molar-refractivity contribution in [3.05, 3.63) is 12.2 Å². The van der Waals surface area contributed by atoms with Crippen LogP contribution in [0.15, 0.2) is 12.2 Å². The van der Waals surface area contributed by atoms with Crippen molar-refractivity contribution in [2.45, 2.75) is 238 Å². The third kappa shape index (κ3) is 37.5. The second-order valence-corrected chi connectivity index (χ2v) is 14.4. The second kappa shape index (κ2) is 40.1. The van der Waals surface area contributed by atoms with Crippen molar-refractivity contribution in [3.8, 4) is 0 Å². The van der Waals surface area contributed by atoms with Crippen molar-refractivity contribution in [1.82, 2.24) is 0 Å². The second-order valence-electron chi connectivity index (χ2n) is 14.4. The molecule has 0 amide bonds. The van der Waals surface area contributed by atoms with Gasteiger partial charge in [0.1, 0.15) is 6.61 Å². The van der Waals surface area contributed by atoms with Crippen LogP contribution >= 0.6 is 0 Å². The number of aliphatic hydroxyl groups excluding tert-OH is 1. The number of carbonyl (C=O) groups excluding carboxylic acids is 2. The lowest BCUT2D eigenvalue weighted by atomic mass is 10.0. The number of hydrogen-bond donors (Lipinski definition) is 1. The molecule has 284 valence electrons. The SMILES string of the molecule is CCCCCCC=CCCCCCCCCCC(=O)O[C@@H](CO)COC(=O)CCCCCCCCCCCCCCCCCCCCC. The van der Waals surface area contributed by atoms with Crippen molar-refractivity contribution >= 4 is 11.9 Å². The first kappa shape index (κ1) is 46.6. The number of esters is 2. The fourth-order valence-corrected chi connectivity index (χ4v) is 6.31. The highest BCUT2D eigenvalue weighted by atomic mass is 16.6. The van der Waals surface area contributed by atoms with Crippen molar-refractivity contribution < 1.29 is 24.2 Å².